The highest BCUT2D eigenvalue weighted by atomic mass is 16.4. The molecule has 0 aromatic carbocycles. The summed E-state index contributed by atoms with van der Waals surface area (Å²) < 4.78 is 0. The minimum absolute atomic E-state index is 0.0969. The van der Waals surface area contributed by atoms with Gasteiger partial charge in [-0.25, -0.2) is 9.97 Å². The number of hydrogen-bond acceptors (Lipinski definition) is 5. The van der Waals surface area contributed by atoms with Crippen LogP contribution in [0.4, 0.5) is 5.82 Å². The number of anilines is 1. The predicted molar refractivity (Wildman–Crippen MR) is 67.4 cm³/mol. The van der Waals surface area contributed by atoms with E-state index in [1.54, 1.807) is 0 Å². The summed E-state index contributed by atoms with van der Waals surface area (Å²) in [6, 6.07) is 2.01. The van der Waals surface area contributed by atoms with Crippen molar-refractivity contribution in [2.45, 2.75) is 33.2 Å². The van der Waals surface area contributed by atoms with Crippen LogP contribution in [0.25, 0.3) is 0 Å². The van der Waals surface area contributed by atoms with Crippen molar-refractivity contribution in [1.82, 2.24) is 9.97 Å². The molecule has 17 heavy (non-hydrogen) atoms. The second-order valence-corrected chi connectivity index (χ2v) is 4.17. The average molecular weight is 237 g/mol. The van der Waals surface area contributed by atoms with Crippen LogP contribution >= 0.6 is 0 Å². The van der Waals surface area contributed by atoms with E-state index < -0.39 is 0 Å². The number of hydrogen-bond donors (Lipinski definition) is 2. The monoisotopic (exact) mass is 237 g/mol. The van der Waals surface area contributed by atoms with Gasteiger partial charge in [-0.2, -0.15) is 0 Å². The van der Waals surface area contributed by atoms with Crippen molar-refractivity contribution in [2.24, 2.45) is 10.9 Å². The largest absolute Gasteiger partial charge is 0.409 e. The van der Waals surface area contributed by atoms with Gasteiger partial charge in [0.15, 0.2) is 0 Å². The quantitative estimate of drug-likeness (QED) is 0.354. The highest BCUT2D eigenvalue weighted by Gasteiger charge is 2.14. The van der Waals surface area contributed by atoms with Crippen molar-refractivity contribution in [3.05, 3.63) is 17.6 Å². The second kappa shape index (κ2) is 5.47. The number of amidine groups is 1. The molecule has 0 bridgehead atoms. The summed E-state index contributed by atoms with van der Waals surface area (Å²) in [6.07, 6.45) is 0.481. The lowest BCUT2D eigenvalue weighted by Crippen LogP contribution is -2.34. The third-order valence-electron chi connectivity index (χ3n) is 2.61. The molecule has 6 heteroatoms. The van der Waals surface area contributed by atoms with Gasteiger partial charge in [-0.05, 0) is 20.8 Å². The highest BCUT2D eigenvalue weighted by Crippen LogP contribution is 2.14. The van der Waals surface area contributed by atoms with Gasteiger partial charge in [-0.15, -0.1) is 0 Å². The SMILES string of the molecule is Cc1cc(N(C)C(C)C/C(N)=N/O)nc(C)n1. The second-order valence-electron chi connectivity index (χ2n) is 4.17. The number of aromatic nitrogens is 2. The first kappa shape index (κ1) is 13.2. The molecule has 0 amide bonds. The van der Waals surface area contributed by atoms with Gasteiger partial charge >= 0.3 is 0 Å². The van der Waals surface area contributed by atoms with Crippen LogP contribution in [0.15, 0.2) is 11.2 Å². The summed E-state index contributed by atoms with van der Waals surface area (Å²) in [6.45, 7) is 5.78. The molecule has 1 rings (SSSR count). The number of oxime groups is 1. The standard InChI is InChI=1S/C11H19N5O/c1-7-5-11(14-9(3)13-7)16(4)8(2)6-10(12)15-17/h5,8,17H,6H2,1-4H3,(H2,12,15). The maximum atomic E-state index is 8.54. The maximum absolute atomic E-state index is 8.54. The van der Waals surface area contributed by atoms with Crippen molar-refractivity contribution in [1.29, 1.82) is 0 Å². The van der Waals surface area contributed by atoms with E-state index in [1.807, 2.05) is 38.8 Å². The zero-order chi connectivity index (χ0) is 13.0. The fourth-order valence-corrected chi connectivity index (χ4v) is 1.58. The number of aryl methyl sites for hydroxylation is 2. The van der Waals surface area contributed by atoms with Crippen LogP contribution in [0.5, 0.6) is 0 Å². The molecule has 1 heterocycles. The fourth-order valence-electron chi connectivity index (χ4n) is 1.58. The van der Waals surface area contributed by atoms with Gasteiger partial charge in [0, 0.05) is 31.3 Å². The molecule has 1 aromatic heterocycles. The zero-order valence-electron chi connectivity index (χ0n) is 10.7. The molecular weight excluding hydrogens is 218 g/mol. The normalized spacial score (nSPS) is 13.5. The third-order valence-corrected chi connectivity index (χ3v) is 2.61. The molecule has 0 saturated carbocycles. The molecule has 0 aliphatic heterocycles. The van der Waals surface area contributed by atoms with Gasteiger partial charge in [-0.3, -0.25) is 0 Å². The summed E-state index contributed by atoms with van der Waals surface area (Å²) >= 11 is 0. The summed E-state index contributed by atoms with van der Waals surface area (Å²) in [5.74, 6) is 1.79. The molecule has 0 radical (unpaired) electrons. The Morgan fingerprint density at radius 2 is 2.18 bits per heavy atom. The van der Waals surface area contributed by atoms with Crippen LogP contribution in [0.1, 0.15) is 24.9 Å². The van der Waals surface area contributed by atoms with Crippen LogP contribution < -0.4 is 10.6 Å². The Morgan fingerprint density at radius 1 is 1.53 bits per heavy atom. The first-order chi connectivity index (χ1) is 7.93. The van der Waals surface area contributed by atoms with E-state index in [-0.39, 0.29) is 11.9 Å². The van der Waals surface area contributed by atoms with Crippen LogP contribution in [-0.2, 0) is 0 Å². The maximum Gasteiger partial charge on any atom is 0.141 e. The molecule has 1 unspecified atom stereocenters. The molecule has 1 aromatic rings. The van der Waals surface area contributed by atoms with E-state index in [1.165, 1.54) is 0 Å². The first-order valence-corrected chi connectivity index (χ1v) is 5.45. The summed E-state index contributed by atoms with van der Waals surface area (Å²) in [7, 11) is 1.93. The number of nitrogens with zero attached hydrogens (tertiary/aromatic N) is 4. The van der Waals surface area contributed by atoms with Gasteiger partial charge in [0.2, 0.25) is 0 Å². The third kappa shape index (κ3) is 3.58. The first-order valence-electron chi connectivity index (χ1n) is 5.45. The Balaban J connectivity index is 2.84. The Hall–Kier alpha value is -1.85. The molecule has 1 atom stereocenters. The summed E-state index contributed by atoms with van der Waals surface area (Å²) in [4.78, 5) is 10.6. The minimum Gasteiger partial charge on any atom is -0.409 e. The molecule has 0 aliphatic carbocycles. The van der Waals surface area contributed by atoms with E-state index in [9.17, 15) is 0 Å². The van der Waals surface area contributed by atoms with E-state index in [2.05, 4.69) is 15.1 Å². The van der Waals surface area contributed by atoms with Crippen LogP contribution in [-0.4, -0.2) is 34.1 Å². The van der Waals surface area contributed by atoms with Crippen molar-refractivity contribution >= 4 is 11.7 Å². The van der Waals surface area contributed by atoms with Gasteiger partial charge in [0.25, 0.3) is 0 Å². The fraction of sp³-hybridized carbons (Fsp3) is 0.545. The Kier molecular flexibility index (Phi) is 4.25. The lowest BCUT2D eigenvalue weighted by molar-refractivity contribution is 0.316. The van der Waals surface area contributed by atoms with E-state index >= 15 is 0 Å². The minimum atomic E-state index is 0.0969. The van der Waals surface area contributed by atoms with Crippen molar-refractivity contribution < 1.29 is 5.21 Å². The van der Waals surface area contributed by atoms with Gasteiger partial charge in [-0.1, -0.05) is 5.16 Å². The lowest BCUT2D eigenvalue weighted by atomic mass is 10.2. The Bertz CT molecular complexity index is 398. The van der Waals surface area contributed by atoms with Gasteiger partial charge in [0.05, 0.1) is 0 Å². The molecule has 0 fully saturated rings. The van der Waals surface area contributed by atoms with E-state index in [4.69, 9.17) is 10.9 Å². The Morgan fingerprint density at radius 3 is 2.71 bits per heavy atom. The highest BCUT2D eigenvalue weighted by molar-refractivity contribution is 5.80. The number of rotatable bonds is 4. The van der Waals surface area contributed by atoms with E-state index in [0.29, 0.717) is 6.42 Å². The summed E-state index contributed by atoms with van der Waals surface area (Å²) in [5.41, 5.74) is 6.42. The molecule has 6 nitrogen and oxygen atoms in total. The molecule has 94 valence electrons. The van der Waals surface area contributed by atoms with Crippen molar-refractivity contribution in [3.63, 3.8) is 0 Å². The van der Waals surface area contributed by atoms with Crippen molar-refractivity contribution in [3.8, 4) is 0 Å². The molecule has 0 saturated heterocycles. The predicted octanol–water partition coefficient (Wildman–Crippen LogP) is 1.05. The van der Waals surface area contributed by atoms with Gasteiger partial charge < -0.3 is 15.8 Å². The van der Waals surface area contributed by atoms with Crippen LogP contribution in [0, 0.1) is 13.8 Å². The average Bonchev–Trinajstić information content (AvgIpc) is 2.26. The number of nitrogens with two attached hydrogens (primary N) is 1. The topological polar surface area (TPSA) is 87.6 Å². The Labute approximate surface area is 101 Å². The van der Waals surface area contributed by atoms with Gasteiger partial charge in [0.1, 0.15) is 17.5 Å². The van der Waals surface area contributed by atoms with Crippen LogP contribution in [0.3, 0.4) is 0 Å². The molecule has 3 N–H and O–H groups in total. The van der Waals surface area contributed by atoms with Crippen LogP contribution in [0.2, 0.25) is 0 Å². The molecular formula is C11H19N5O. The molecule has 0 spiro atoms. The lowest BCUT2D eigenvalue weighted by Gasteiger charge is -2.25. The summed E-state index contributed by atoms with van der Waals surface area (Å²) in [5, 5.41) is 11.5. The van der Waals surface area contributed by atoms with Crippen molar-refractivity contribution in [2.75, 3.05) is 11.9 Å². The molecule has 0 aliphatic rings. The zero-order valence-corrected chi connectivity index (χ0v) is 10.7. The van der Waals surface area contributed by atoms with E-state index in [0.717, 1.165) is 17.3 Å². The smallest absolute Gasteiger partial charge is 0.141 e.